The maximum Gasteiger partial charge on any atom is 0.149 e. The van der Waals surface area contributed by atoms with E-state index in [1.807, 2.05) is 12.1 Å². The van der Waals surface area contributed by atoms with Gasteiger partial charge < -0.3 is 16.4 Å². The van der Waals surface area contributed by atoms with Crippen LogP contribution in [0.1, 0.15) is 39.0 Å². The number of rotatable bonds is 3. The number of aromatic nitrogens is 1. The monoisotopic (exact) mass is 234 g/mol. The van der Waals surface area contributed by atoms with Crippen LogP contribution in [-0.2, 0) is 0 Å². The Hall–Kier alpha value is -1.45. The highest BCUT2D eigenvalue weighted by Crippen LogP contribution is 2.27. The van der Waals surface area contributed by atoms with Crippen LogP contribution in [0.25, 0.3) is 0 Å². The molecule has 1 saturated carbocycles. The summed E-state index contributed by atoms with van der Waals surface area (Å²) >= 11 is 0. The van der Waals surface area contributed by atoms with Crippen LogP contribution in [0.2, 0.25) is 0 Å². The number of pyridine rings is 1. The molecule has 1 aromatic rings. The maximum atomic E-state index is 5.78. The summed E-state index contributed by atoms with van der Waals surface area (Å²) in [6, 6.07) is 4.44. The van der Waals surface area contributed by atoms with E-state index in [4.69, 9.17) is 11.5 Å². The van der Waals surface area contributed by atoms with Crippen molar-refractivity contribution in [1.82, 2.24) is 4.98 Å². The van der Waals surface area contributed by atoms with Crippen LogP contribution in [0.15, 0.2) is 12.1 Å². The third kappa shape index (κ3) is 2.62. The van der Waals surface area contributed by atoms with Gasteiger partial charge in [0.1, 0.15) is 11.6 Å². The Labute approximate surface area is 103 Å². The summed E-state index contributed by atoms with van der Waals surface area (Å²) in [5.41, 5.74) is 12.0. The van der Waals surface area contributed by atoms with E-state index in [2.05, 4.69) is 16.8 Å². The SMILES string of the molecule is CCN(c1ccc(N)c(N)n1)C1CCCCC1. The van der Waals surface area contributed by atoms with Gasteiger partial charge in [-0.25, -0.2) is 4.98 Å². The lowest BCUT2D eigenvalue weighted by Crippen LogP contribution is -2.37. The summed E-state index contributed by atoms with van der Waals surface area (Å²) in [6.45, 7) is 3.14. The molecule has 4 heteroatoms. The van der Waals surface area contributed by atoms with Crippen molar-refractivity contribution in [3.8, 4) is 0 Å². The molecule has 0 aliphatic heterocycles. The van der Waals surface area contributed by atoms with E-state index in [9.17, 15) is 0 Å². The normalized spacial score (nSPS) is 17.0. The van der Waals surface area contributed by atoms with Gasteiger partial charge in [0.2, 0.25) is 0 Å². The molecule has 0 saturated heterocycles. The lowest BCUT2D eigenvalue weighted by Gasteiger charge is -2.34. The number of anilines is 3. The second kappa shape index (κ2) is 5.25. The first-order valence-corrected chi connectivity index (χ1v) is 6.51. The molecule has 2 rings (SSSR count). The van der Waals surface area contributed by atoms with Crippen molar-refractivity contribution in [2.24, 2.45) is 0 Å². The lowest BCUT2D eigenvalue weighted by atomic mass is 9.94. The van der Waals surface area contributed by atoms with Gasteiger partial charge in [-0.1, -0.05) is 19.3 Å². The molecule has 0 bridgehead atoms. The molecule has 1 aromatic heterocycles. The van der Waals surface area contributed by atoms with Crippen LogP contribution in [0, 0.1) is 0 Å². The molecule has 0 atom stereocenters. The summed E-state index contributed by atoms with van der Waals surface area (Å²) in [4.78, 5) is 6.75. The Morgan fingerprint density at radius 1 is 1.24 bits per heavy atom. The van der Waals surface area contributed by atoms with E-state index in [1.54, 1.807) is 0 Å². The van der Waals surface area contributed by atoms with Gasteiger partial charge >= 0.3 is 0 Å². The molecule has 0 unspecified atom stereocenters. The van der Waals surface area contributed by atoms with Crippen LogP contribution in [0.4, 0.5) is 17.3 Å². The molecule has 17 heavy (non-hydrogen) atoms. The Morgan fingerprint density at radius 3 is 2.53 bits per heavy atom. The molecule has 0 radical (unpaired) electrons. The molecule has 94 valence electrons. The lowest BCUT2D eigenvalue weighted by molar-refractivity contribution is 0.416. The first kappa shape index (κ1) is 12.0. The van der Waals surface area contributed by atoms with Gasteiger partial charge in [0.25, 0.3) is 0 Å². The van der Waals surface area contributed by atoms with Crippen LogP contribution >= 0.6 is 0 Å². The number of nitrogens with zero attached hydrogens (tertiary/aromatic N) is 2. The van der Waals surface area contributed by atoms with Crippen molar-refractivity contribution in [2.45, 2.75) is 45.1 Å². The second-order valence-corrected chi connectivity index (χ2v) is 4.72. The predicted octanol–water partition coefficient (Wildman–Crippen LogP) is 2.41. The Kier molecular flexibility index (Phi) is 3.71. The molecular formula is C13H22N4. The smallest absolute Gasteiger partial charge is 0.149 e. The minimum Gasteiger partial charge on any atom is -0.396 e. The van der Waals surface area contributed by atoms with Crippen LogP contribution in [-0.4, -0.2) is 17.6 Å². The highest BCUT2D eigenvalue weighted by atomic mass is 15.2. The molecule has 0 aromatic carbocycles. The average molecular weight is 234 g/mol. The van der Waals surface area contributed by atoms with Crippen LogP contribution < -0.4 is 16.4 Å². The molecule has 0 spiro atoms. The van der Waals surface area contributed by atoms with Crippen molar-refractivity contribution in [1.29, 1.82) is 0 Å². The first-order chi connectivity index (χ1) is 8.22. The quantitative estimate of drug-likeness (QED) is 0.842. The number of nitrogens with two attached hydrogens (primary N) is 2. The predicted molar refractivity (Wildman–Crippen MR) is 73.0 cm³/mol. The van der Waals surface area contributed by atoms with E-state index in [0.717, 1.165) is 12.4 Å². The van der Waals surface area contributed by atoms with Crippen molar-refractivity contribution in [2.75, 3.05) is 22.9 Å². The summed E-state index contributed by atoms with van der Waals surface area (Å²) in [7, 11) is 0. The van der Waals surface area contributed by atoms with Gasteiger partial charge in [0, 0.05) is 12.6 Å². The minimum absolute atomic E-state index is 0.441. The topological polar surface area (TPSA) is 68.2 Å². The highest BCUT2D eigenvalue weighted by Gasteiger charge is 2.21. The van der Waals surface area contributed by atoms with E-state index >= 15 is 0 Å². The number of nitrogen functional groups attached to an aromatic ring is 2. The van der Waals surface area contributed by atoms with Crippen molar-refractivity contribution in [3.05, 3.63) is 12.1 Å². The van der Waals surface area contributed by atoms with Crippen molar-refractivity contribution in [3.63, 3.8) is 0 Å². The fraction of sp³-hybridized carbons (Fsp3) is 0.615. The summed E-state index contributed by atoms with van der Waals surface area (Å²) < 4.78 is 0. The third-order valence-corrected chi connectivity index (χ3v) is 3.59. The molecule has 1 aliphatic carbocycles. The van der Waals surface area contributed by atoms with Crippen molar-refractivity contribution >= 4 is 17.3 Å². The zero-order chi connectivity index (χ0) is 12.3. The average Bonchev–Trinajstić information content (AvgIpc) is 2.36. The molecule has 1 heterocycles. The Balaban J connectivity index is 2.18. The summed E-state index contributed by atoms with van der Waals surface area (Å²) in [6.07, 6.45) is 6.54. The van der Waals surface area contributed by atoms with Gasteiger partial charge in [0.05, 0.1) is 5.69 Å². The van der Waals surface area contributed by atoms with Gasteiger partial charge in [0.15, 0.2) is 0 Å². The number of hydrogen-bond acceptors (Lipinski definition) is 4. The van der Waals surface area contributed by atoms with Gasteiger partial charge in [-0.2, -0.15) is 0 Å². The van der Waals surface area contributed by atoms with E-state index in [1.165, 1.54) is 32.1 Å². The zero-order valence-electron chi connectivity index (χ0n) is 10.5. The van der Waals surface area contributed by atoms with Crippen LogP contribution in [0.5, 0.6) is 0 Å². The third-order valence-electron chi connectivity index (χ3n) is 3.59. The van der Waals surface area contributed by atoms with Gasteiger partial charge in [-0.3, -0.25) is 0 Å². The first-order valence-electron chi connectivity index (χ1n) is 6.51. The second-order valence-electron chi connectivity index (χ2n) is 4.72. The standard InChI is InChI=1S/C13H22N4/c1-2-17(10-6-4-3-5-7-10)12-9-8-11(14)13(15)16-12/h8-10H,2-7,14H2,1H3,(H2,15,16). The minimum atomic E-state index is 0.441. The van der Waals surface area contributed by atoms with Crippen LogP contribution in [0.3, 0.4) is 0 Å². The van der Waals surface area contributed by atoms with E-state index in [0.29, 0.717) is 17.5 Å². The molecule has 1 aliphatic rings. The number of hydrogen-bond donors (Lipinski definition) is 2. The largest absolute Gasteiger partial charge is 0.396 e. The molecule has 1 fully saturated rings. The molecular weight excluding hydrogens is 212 g/mol. The molecule has 0 amide bonds. The van der Waals surface area contributed by atoms with Gasteiger partial charge in [-0.05, 0) is 31.9 Å². The van der Waals surface area contributed by atoms with Gasteiger partial charge in [-0.15, -0.1) is 0 Å². The van der Waals surface area contributed by atoms with Crippen molar-refractivity contribution < 1.29 is 0 Å². The Bertz CT molecular complexity index is 372. The summed E-state index contributed by atoms with van der Waals surface area (Å²) in [5.74, 6) is 1.41. The fourth-order valence-corrected chi connectivity index (χ4v) is 2.63. The van der Waals surface area contributed by atoms with E-state index < -0.39 is 0 Å². The molecule has 4 nitrogen and oxygen atoms in total. The zero-order valence-corrected chi connectivity index (χ0v) is 10.5. The fourth-order valence-electron chi connectivity index (χ4n) is 2.63. The maximum absolute atomic E-state index is 5.78. The highest BCUT2D eigenvalue weighted by molar-refractivity contribution is 5.62. The molecule has 4 N–H and O–H groups in total. The Morgan fingerprint density at radius 2 is 1.94 bits per heavy atom. The van der Waals surface area contributed by atoms with E-state index in [-0.39, 0.29) is 0 Å². The summed E-state index contributed by atoms with van der Waals surface area (Å²) in [5, 5.41) is 0.